The lowest BCUT2D eigenvalue weighted by Gasteiger charge is -2.12. The van der Waals surface area contributed by atoms with E-state index in [-0.39, 0.29) is 5.91 Å². The second-order valence-electron chi connectivity index (χ2n) is 3.57. The Labute approximate surface area is 83.3 Å². The summed E-state index contributed by atoms with van der Waals surface area (Å²) in [5.41, 5.74) is 1.77. The molecule has 1 aliphatic heterocycles. The van der Waals surface area contributed by atoms with E-state index in [9.17, 15) is 4.79 Å². The number of nitrogens with zero attached hydrogens (tertiary/aromatic N) is 1. The average molecular weight is 191 g/mol. The zero-order chi connectivity index (χ0) is 10.1. The van der Waals surface area contributed by atoms with Crippen LogP contribution < -0.4 is 4.74 Å². The van der Waals surface area contributed by atoms with Gasteiger partial charge < -0.3 is 9.64 Å². The molecule has 0 bridgehead atoms. The maximum atomic E-state index is 11.8. The van der Waals surface area contributed by atoms with Crippen LogP contribution in [0.5, 0.6) is 5.75 Å². The van der Waals surface area contributed by atoms with Crippen molar-refractivity contribution in [2.24, 2.45) is 0 Å². The first kappa shape index (κ1) is 9.06. The van der Waals surface area contributed by atoms with E-state index in [4.69, 9.17) is 4.74 Å². The highest BCUT2D eigenvalue weighted by Crippen LogP contribution is 2.23. The number of amides is 1. The first-order valence-electron chi connectivity index (χ1n) is 4.67. The van der Waals surface area contributed by atoms with Gasteiger partial charge >= 0.3 is 0 Å². The van der Waals surface area contributed by atoms with E-state index in [2.05, 4.69) is 0 Å². The van der Waals surface area contributed by atoms with Crippen molar-refractivity contribution >= 4 is 5.91 Å². The molecule has 1 heterocycles. The van der Waals surface area contributed by atoms with Crippen molar-refractivity contribution in [3.05, 3.63) is 29.3 Å². The van der Waals surface area contributed by atoms with E-state index in [0.29, 0.717) is 24.5 Å². The van der Waals surface area contributed by atoms with E-state index in [1.54, 1.807) is 11.9 Å². The third-order valence-electron chi connectivity index (χ3n) is 2.40. The molecule has 1 aromatic rings. The normalized spacial score (nSPS) is 15.9. The highest BCUT2D eigenvalue weighted by molar-refractivity contribution is 5.97. The van der Waals surface area contributed by atoms with Crippen LogP contribution in [-0.4, -0.2) is 31.0 Å². The number of hydrogen-bond donors (Lipinski definition) is 0. The number of carbonyl (C=O) groups excluding carboxylic acids is 1. The summed E-state index contributed by atoms with van der Waals surface area (Å²) in [7, 11) is 1.79. The van der Waals surface area contributed by atoms with Gasteiger partial charge in [-0.15, -0.1) is 0 Å². The van der Waals surface area contributed by atoms with Crippen molar-refractivity contribution in [2.75, 3.05) is 20.2 Å². The Bertz CT molecular complexity index is 374. The third-order valence-corrected chi connectivity index (χ3v) is 2.40. The molecule has 3 nitrogen and oxygen atoms in total. The molecule has 2 rings (SSSR count). The highest BCUT2D eigenvalue weighted by Gasteiger charge is 2.20. The number of aryl methyl sites for hydroxylation is 1. The van der Waals surface area contributed by atoms with Gasteiger partial charge in [0.25, 0.3) is 5.91 Å². The fourth-order valence-electron chi connectivity index (χ4n) is 1.53. The molecule has 74 valence electrons. The zero-order valence-corrected chi connectivity index (χ0v) is 8.41. The molecule has 1 amide bonds. The summed E-state index contributed by atoms with van der Waals surface area (Å²) in [6, 6.07) is 5.67. The van der Waals surface area contributed by atoms with Gasteiger partial charge in [-0.1, -0.05) is 6.07 Å². The predicted molar refractivity (Wildman–Crippen MR) is 53.6 cm³/mol. The minimum atomic E-state index is 0.0394. The second kappa shape index (κ2) is 3.33. The Kier molecular flexibility index (Phi) is 2.15. The van der Waals surface area contributed by atoms with Gasteiger partial charge in [-0.05, 0) is 24.6 Å². The van der Waals surface area contributed by atoms with Gasteiger partial charge in [0.2, 0.25) is 0 Å². The van der Waals surface area contributed by atoms with Gasteiger partial charge in [0, 0.05) is 7.05 Å². The predicted octanol–water partition coefficient (Wildman–Crippen LogP) is 1.46. The summed E-state index contributed by atoms with van der Waals surface area (Å²) in [4.78, 5) is 13.5. The number of hydrogen-bond acceptors (Lipinski definition) is 2. The zero-order valence-electron chi connectivity index (χ0n) is 8.41. The third kappa shape index (κ3) is 1.45. The largest absolute Gasteiger partial charge is 0.491 e. The van der Waals surface area contributed by atoms with Crippen LogP contribution in [0.25, 0.3) is 0 Å². The summed E-state index contributed by atoms with van der Waals surface area (Å²) >= 11 is 0. The average Bonchev–Trinajstić information content (AvgIpc) is 2.28. The van der Waals surface area contributed by atoms with Gasteiger partial charge in [0.1, 0.15) is 12.4 Å². The minimum Gasteiger partial charge on any atom is -0.491 e. The van der Waals surface area contributed by atoms with Gasteiger partial charge in [-0.25, -0.2) is 0 Å². The van der Waals surface area contributed by atoms with Crippen molar-refractivity contribution in [3.63, 3.8) is 0 Å². The van der Waals surface area contributed by atoms with Crippen LogP contribution >= 0.6 is 0 Å². The molecule has 0 unspecified atom stereocenters. The van der Waals surface area contributed by atoms with Gasteiger partial charge in [-0.2, -0.15) is 0 Å². The number of fused-ring (bicyclic) bond motifs is 1. The number of rotatable bonds is 0. The molecule has 0 atom stereocenters. The van der Waals surface area contributed by atoms with Crippen LogP contribution in [-0.2, 0) is 0 Å². The molecule has 0 spiro atoms. The van der Waals surface area contributed by atoms with Crippen LogP contribution in [0.15, 0.2) is 18.2 Å². The molecule has 14 heavy (non-hydrogen) atoms. The van der Waals surface area contributed by atoms with E-state index >= 15 is 0 Å². The molecule has 0 aliphatic carbocycles. The smallest absolute Gasteiger partial charge is 0.257 e. The molecule has 0 radical (unpaired) electrons. The van der Waals surface area contributed by atoms with Crippen LogP contribution in [0.4, 0.5) is 0 Å². The highest BCUT2D eigenvalue weighted by atomic mass is 16.5. The fraction of sp³-hybridized carbons (Fsp3) is 0.364. The Morgan fingerprint density at radius 2 is 2.21 bits per heavy atom. The topological polar surface area (TPSA) is 29.5 Å². The van der Waals surface area contributed by atoms with E-state index in [1.165, 1.54) is 0 Å². The van der Waals surface area contributed by atoms with Crippen molar-refractivity contribution in [2.45, 2.75) is 6.92 Å². The minimum absolute atomic E-state index is 0.0394. The van der Waals surface area contributed by atoms with Gasteiger partial charge in [0.05, 0.1) is 12.1 Å². The molecular weight excluding hydrogens is 178 g/mol. The molecule has 0 aromatic heterocycles. The van der Waals surface area contributed by atoms with Crippen molar-refractivity contribution < 1.29 is 9.53 Å². The summed E-state index contributed by atoms with van der Waals surface area (Å²) in [5, 5.41) is 0. The molecule has 0 fully saturated rings. The maximum Gasteiger partial charge on any atom is 0.257 e. The van der Waals surface area contributed by atoms with Crippen molar-refractivity contribution in [1.82, 2.24) is 4.90 Å². The molecule has 0 saturated carbocycles. The summed E-state index contributed by atoms with van der Waals surface area (Å²) < 4.78 is 5.51. The summed E-state index contributed by atoms with van der Waals surface area (Å²) in [5.74, 6) is 0.747. The van der Waals surface area contributed by atoms with E-state index < -0.39 is 0 Å². The standard InChI is InChI=1S/C11H13NO2/c1-8-3-4-9-10(7-8)14-6-5-12(2)11(9)13/h3-4,7H,5-6H2,1-2H3. The fourth-order valence-corrected chi connectivity index (χ4v) is 1.53. The lowest BCUT2D eigenvalue weighted by atomic mass is 10.1. The Morgan fingerprint density at radius 1 is 1.43 bits per heavy atom. The lowest BCUT2D eigenvalue weighted by Crippen LogP contribution is -2.27. The number of carbonyl (C=O) groups is 1. The number of likely N-dealkylation sites (N-methyl/N-ethyl adjacent to an activating group) is 1. The quantitative estimate of drug-likeness (QED) is 0.621. The first-order chi connectivity index (χ1) is 6.68. The number of benzene rings is 1. The molecule has 1 aliphatic rings. The molecule has 3 heteroatoms. The van der Waals surface area contributed by atoms with E-state index in [1.807, 2.05) is 25.1 Å². The summed E-state index contributed by atoms with van der Waals surface area (Å²) in [6.07, 6.45) is 0. The molecular formula is C11H13NO2. The van der Waals surface area contributed by atoms with Gasteiger partial charge in [0.15, 0.2) is 0 Å². The van der Waals surface area contributed by atoms with Crippen molar-refractivity contribution in [3.8, 4) is 5.75 Å². The van der Waals surface area contributed by atoms with E-state index in [0.717, 1.165) is 5.56 Å². The van der Waals surface area contributed by atoms with Crippen LogP contribution in [0, 0.1) is 6.92 Å². The number of ether oxygens (including phenoxy) is 1. The van der Waals surface area contributed by atoms with Gasteiger partial charge in [-0.3, -0.25) is 4.79 Å². The van der Waals surface area contributed by atoms with Crippen LogP contribution in [0.1, 0.15) is 15.9 Å². The Hall–Kier alpha value is -1.51. The first-order valence-corrected chi connectivity index (χ1v) is 4.67. The molecule has 1 aromatic carbocycles. The molecule has 0 N–H and O–H groups in total. The van der Waals surface area contributed by atoms with Crippen LogP contribution in [0.3, 0.4) is 0 Å². The SMILES string of the molecule is Cc1ccc2c(c1)OCCN(C)C2=O. The summed E-state index contributed by atoms with van der Waals surface area (Å²) in [6.45, 7) is 3.20. The maximum absolute atomic E-state index is 11.8. The monoisotopic (exact) mass is 191 g/mol. The Balaban J connectivity index is 2.48. The molecule has 0 saturated heterocycles. The lowest BCUT2D eigenvalue weighted by molar-refractivity contribution is 0.0797. The van der Waals surface area contributed by atoms with Crippen molar-refractivity contribution in [1.29, 1.82) is 0 Å². The van der Waals surface area contributed by atoms with Crippen LogP contribution in [0.2, 0.25) is 0 Å². The Morgan fingerprint density at radius 3 is 3.00 bits per heavy atom. The second-order valence-corrected chi connectivity index (χ2v) is 3.57.